The van der Waals surface area contributed by atoms with Crippen LogP contribution in [0.3, 0.4) is 0 Å². The Morgan fingerprint density at radius 2 is 1.84 bits per heavy atom. The van der Waals surface area contributed by atoms with Gasteiger partial charge in [-0.25, -0.2) is 14.8 Å². The standard InChI is InChI=1S/C18H15ClN2O4/c1-11(18(22)23-2)24-12-6-8-13(9-7-12)25-16-10-20-17-14(19)4-3-5-15(17)21-16/h3-11H,1-2H3. The molecule has 6 nitrogen and oxygen atoms in total. The number of fused-ring (bicyclic) bond motifs is 1. The molecule has 128 valence electrons. The Bertz CT molecular complexity index is 899. The molecule has 0 amide bonds. The molecular formula is C18H15ClN2O4. The summed E-state index contributed by atoms with van der Waals surface area (Å²) >= 11 is 6.07. The second kappa shape index (κ2) is 7.36. The minimum Gasteiger partial charge on any atom is -0.479 e. The van der Waals surface area contributed by atoms with Gasteiger partial charge in [-0.15, -0.1) is 0 Å². The van der Waals surface area contributed by atoms with E-state index >= 15 is 0 Å². The molecule has 1 unspecified atom stereocenters. The lowest BCUT2D eigenvalue weighted by molar-refractivity contribution is -0.147. The van der Waals surface area contributed by atoms with Crippen molar-refractivity contribution in [1.82, 2.24) is 9.97 Å². The number of ether oxygens (including phenoxy) is 3. The predicted molar refractivity (Wildman–Crippen MR) is 93.2 cm³/mol. The van der Waals surface area contributed by atoms with Crippen LogP contribution in [0.5, 0.6) is 17.4 Å². The summed E-state index contributed by atoms with van der Waals surface area (Å²) < 4.78 is 15.8. The molecule has 3 rings (SSSR count). The third-order valence-electron chi connectivity index (χ3n) is 3.39. The van der Waals surface area contributed by atoms with Gasteiger partial charge in [0.25, 0.3) is 0 Å². The summed E-state index contributed by atoms with van der Waals surface area (Å²) in [4.78, 5) is 20.0. The van der Waals surface area contributed by atoms with Gasteiger partial charge in [-0.3, -0.25) is 0 Å². The van der Waals surface area contributed by atoms with Crippen LogP contribution < -0.4 is 9.47 Å². The van der Waals surface area contributed by atoms with Gasteiger partial charge in [0.15, 0.2) is 6.10 Å². The van der Waals surface area contributed by atoms with Gasteiger partial charge in [0.2, 0.25) is 5.88 Å². The quantitative estimate of drug-likeness (QED) is 0.642. The van der Waals surface area contributed by atoms with Crippen LogP contribution in [-0.2, 0) is 9.53 Å². The van der Waals surface area contributed by atoms with Crippen molar-refractivity contribution in [1.29, 1.82) is 0 Å². The van der Waals surface area contributed by atoms with Crippen molar-refractivity contribution >= 4 is 28.6 Å². The number of hydrogen-bond donors (Lipinski definition) is 0. The maximum absolute atomic E-state index is 11.4. The van der Waals surface area contributed by atoms with Crippen LogP contribution in [-0.4, -0.2) is 29.2 Å². The van der Waals surface area contributed by atoms with E-state index in [0.29, 0.717) is 33.4 Å². The van der Waals surface area contributed by atoms with Crippen LogP contribution in [0.25, 0.3) is 11.0 Å². The van der Waals surface area contributed by atoms with Crippen LogP contribution in [0.2, 0.25) is 5.02 Å². The number of para-hydroxylation sites is 1. The zero-order valence-corrected chi connectivity index (χ0v) is 14.4. The highest BCUT2D eigenvalue weighted by atomic mass is 35.5. The molecule has 1 atom stereocenters. The van der Waals surface area contributed by atoms with Crippen LogP contribution in [0.15, 0.2) is 48.7 Å². The molecule has 0 aliphatic rings. The lowest BCUT2D eigenvalue weighted by atomic mass is 10.3. The zero-order valence-electron chi connectivity index (χ0n) is 13.6. The monoisotopic (exact) mass is 358 g/mol. The molecule has 1 aromatic heterocycles. The molecule has 0 saturated heterocycles. The molecule has 0 radical (unpaired) electrons. The number of hydrogen-bond acceptors (Lipinski definition) is 6. The highest BCUT2D eigenvalue weighted by molar-refractivity contribution is 6.34. The van der Waals surface area contributed by atoms with E-state index in [0.717, 1.165) is 0 Å². The lowest BCUT2D eigenvalue weighted by Gasteiger charge is -2.12. The number of aromatic nitrogens is 2. The van der Waals surface area contributed by atoms with Crippen molar-refractivity contribution < 1.29 is 19.0 Å². The van der Waals surface area contributed by atoms with Crippen LogP contribution in [0, 0.1) is 0 Å². The number of nitrogens with zero attached hydrogens (tertiary/aromatic N) is 2. The van der Waals surface area contributed by atoms with Crippen LogP contribution in [0.4, 0.5) is 0 Å². The van der Waals surface area contributed by atoms with E-state index in [-0.39, 0.29) is 0 Å². The minimum atomic E-state index is -0.687. The molecule has 1 heterocycles. The summed E-state index contributed by atoms with van der Waals surface area (Å²) in [5, 5.41) is 0.540. The van der Waals surface area contributed by atoms with Gasteiger partial charge in [-0.05, 0) is 43.3 Å². The second-order valence-corrected chi connectivity index (χ2v) is 5.58. The van der Waals surface area contributed by atoms with E-state index in [4.69, 9.17) is 21.1 Å². The first kappa shape index (κ1) is 17.0. The van der Waals surface area contributed by atoms with Gasteiger partial charge in [0, 0.05) is 0 Å². The van der Waals surface area contributed by atoms with Gasteiger partial charge in [-0.1, -0.05) is 17.7 Å². The number of methoxy groups -OCH3 is 1. The smallest absolute Gasteiger partial charge is 0.346 e. The summed E-state index contributed by atoms with van der Waals surface area (Å²) in [6.07, 6.45) is 0.825. The number of carbonyl (C=O) groups excluding carboxylic acids is 1. The van der Waals surface area contributed by atoms with E-state index in [1.165, 1.54) is 13.3 Å². The van der Waals surface area contributed by atoms with E-state index in [9.17, 15) is 4.79 Å². The first-order chi connectivity index (χ1) is 12.1. The molecule has 7 heteroatoms. The Balaban J connectivity index is 1.72. The van der Waals surface area contributed by atoms with E-state index < -0.39 is 12.1 Å². The first-order valence-electron chi connectivity index (χ1n) is 7.50. The Morgan fingerprint density at radius 1 is 1.12 bits per heavy atom. The molecule has 0 aliphatic carbocycles. The molecule has 0 aliphatic heterocycles. The summed E-state index contributed by atoms with van der Waals surface area (Å²) in [5.41, 5.74) is 1.27. The SMILES string of the molecule is COC(=O)C(C)Oc1ccc(Oc2cnc3c(Cl)cccc3n2)cc1. The van der Waals surface area contributed by atoms with E-state index in [1.807, 2.05) is 6.07 Å². The normalized spacial score (nSPS) is 11.8. The van der Waals surface area contributed by atoms with Crippen molar-refractivity contribution in [3.05, 3.63) is 53.7 Å². The molecule has 0 fully saturated rings. The molecule has 25 heavy (non-hydrogen) atoms. The van der Waals surface area contributed by atoms with Gasteiger partial charge < -0.3 is 14.2 Å². The van der Waals surface area contributed by atoms with Crippen molar-refractivity contribution in [3.8, 4) is 17.4 Å². The molecule has 0 N–H and O–H groups in total. The summed E-state index contributed by atoms with van der Waals surface area (Å²) in [6, 6.07) is 12.2. The van der Waals surface area contributed by atoms with Crippen molar-refractivity contribution in [2.24, 2.45) is 0 Å². The fraction of sp³-hybridized carbons (Fsp3) is 0.167. The van der Waals surface area contributed by atoms with Gasteiger partial charge in [0.1, 0.15) is 17.0 Å². The Labute approximate surface area is 149 Å². The second-order valence-electron chi connectivity index (χ2n) is 5.17. The average Bonchev–Trinajstić information content (AvgIpc) is 2.62. The third kappa shape index (κ3) is 3.97. The van der Waals surface area contributed by atoms with Crippen molar-refractivity contribution in [3.63, 3.8) is 0 Å². The summed E-state index contributed by atoms with van der Waals surface area (Å²) in [7, 11) is 1.32. The first-order valence-corrected chi connectivity index (χ1v) is 7.88. The van der Waals surface area contributed by atoms with Gasteiger partial charge >= 0.3 is 5.97 Å². The third-order valence-corrected chi connectivity index (χ3v) is 3.70. The minimum absolute atomic E-state index is 0.353. The summed E-state index contributed by atoms with van der Waals surface area (Å²) in [6.45, 7) is 1.62. The largest absolute Gasteiger partial charge is 0.479 e. The number of esters is 1. The molecule has 3 aromatic rings. The predicted octanol–water partition coefficient (Wildman–Crippen LogP) is 4.02. The van der Waals surface area contributed by atoms with Crippen molar-refractivity contribution in [2.75, 3.05) is 7.11 Å². The Morgan fingerprint density at radius 3 is 2.56 bits per heavy atom. The van der Waals surface area contributed by atoms with E-state index in [1.54, 1.807) is 43.3 Å². The highest BCUT2D eigenvalue weighted by Gasteiger charge is 2.14. The maximum Gasteiger partial charge on any atom is 0.346 e. The number of carbonyl (C=O) groups is 1. The Hall–Kier alpha value is -2.86. The fourth-order valence-electron chi connectivity index (χ4n) is 2.16. The van der Waals surface area contributed by atoms with Crippen molar-refractivity contribution in [2.45, 2.75) is 13.0 Å². The maximum atomic E-state index is 11.4. The van der Waals surface area contributed by atoms with Crippen LogP contribution >= 0.6 is 11.6 Å². The molecule has 2 aromatic carbocycles. The number of rotatable bonds is 5. The summed E-state index contributed by atoms with van der Waals surface area (Å²) in [5.74, 6) is 1.01. The molecule has 0 saturated carbocycles. The topological polar surface area (TPSA) is 70.5 Å². The fourth-order valence-corrected chi connectivity index (χ4v) is 2.38. The highest BCUT2D eigenvalue weighted by Crippen LogP contribution is 2.26. The Kier molecular flexibility index (Phi) is 5.00. The molecular weight excluding hydrogens is 344 g/mol. The molecule has 0 bridgehead atoms. The zero-order chi connectivity index (χ0) is 17.8. The van der Waals surface area contributed by atoms with Crippen LogP contribution in [0.1, 0.15) is 6.92 Å². The molecule has 0 spiro atoms. The van der Waals surface area contributed by atoms with E-state index in [2.05, 4.69) is 14.7 Å². The average molecular weight is 359 g/mol. The number of benzene rings is 2. The lowest BCUT2D eigenvalue weighted by Crippen LogP contribution is -2.24. The van der Waals surface area contributed by atoms with Gasteiger partial charge in [0.05, 0.1) is 23.8 Å². The van der Waals surface area contributed by atoms with Gasteiger partial charge in [-0.2, -0.15) is 0 Å². The number of halogens is 1.